The number of Topliss-reactive ketones (excluding diaryl/α,β-unsaturated/α-hetero) is 1. The van der Waals surface area contributed by atoms with Gasteiger partial charge in [0.15, 0.2) is 17.5 Å². The van der Waals surface area contributed by atoms with Gasteiger partial charge in [-0.3, -0.25) is 14.4 Å². The standard InChI is InChI=1S/C45H49NO13/c1-24-29(57-41(54)35(50)33(26-15-9-6-10-16-26)46-39(52)27-17-11-7-12-18-27)22-45(55)38(58-40(53)28-19-13-8-14-20-28)36-43(5,37(51)34(49)32(24)42(45,3)4)30(48)21-31-44(36,23-56-31)59-25(2)47/h6-20,29-31,33-36,38,48-50,55H,21-23H2,1-5H3,(H,46,52)/t29-,30-,31+,33?,34+,35+,36?,38-,43+,44-,45+/m0/s1. The van der Waals surface area contributed by atoms with Gasteiger partial charge < -0.3 is 44.7 Å². The largest absolute Gasteiger partial charge is 0.456 e. The highest BCUT2D eigenvalue weighted by Gasteiger charge is 2.78. The molecule has 5 N–H and O–H groups in total. The van der Waals surface area contributed by atoms with Crippen LogP contribution in [-0.4, -0.2) is 104 Å². The van der Waals surface area contributed by atoms with Crippen LogP contribution >= 0.6 is 0 Å². The molecule has 0 aromatic heterocycles. The first kappa shape index (κ1) is 41.9. The van der Waals surface area contributed by atoms with Gasteiger partial charge in [0.05, 0.1) is 35.6 Å². The summed E-state index contributed by atoms with van der Waals surface area (Å²) in [6, 6.07) is 23.1. The van der Waals surface area contributed by atoms with Gasteiger partial charge in [0.25, 0.3) is 5.91 Å². The fourth-order valence-corrected chi connectivity index (χ4v) is 9.94. The maximum Gasteiger partial charge on any atom is 0.338 e. The van der Waals surface area contributed by atoms with E-state index in [1.807, 2.05) is 0 Å². The van der Waals surface area contributed by atoms with Gasteiger partial charge in [-0.2, -0.15) is 0 Å². The minimum atomic E-state index is -2.35. The molecule has 3 aliphatic carbocycles. The predicted molar refractivity (Wildman–Crippen MR) is 208 cm³/mol. The minimum absolute atomic E-state index is 0.0540. The molecular formula is C45H49NO13. The quantitative estimate of drug-likeness (QED) is 0.120. The van der Waals surface area contributed by atoms with Crippen molar-refractivity contribution in [1.29, 1.82) is 0 Å². The van der Waals surface area contributed by atoms with Gasteiger partial charge in [0.2, 0.25) is 0 Å². The van der Waals surface area contributed by atoms with Crippen molar-refractivity contribution in [2.75, 3.05) is 6.61 Å². The van der Waals surface area contributed by atoms with E-state index in [9.17, 15) is 44.4 Å². The molecule has 2 unspecified atom stereocenters. The van der Waals surface area contributed by atoms with Crippen LogP contribution in [0.15, 0.2) is 102 Å². The van der Waals surface area contributed by atoms with Crippen LogP contribution in [0.3, 0.4) is 0 Å². The molecular weight excluding hydrogens is 762 g/mol. The second kappa shape index (κ2) is 15.4. The highest BCUT2D eigenvalue weighted by atomic mass is 16.6. The Hall–Kier alpha value is -5.25. The summed E-state index contributed by atoms with van der Waals surface area (Å²) in [5, 5.41) is 51.9. The number of esters is 3. The zero-order chi connectivity index (χ0) is 42.7. The molecule has 312 valence electrons. The van der Waals surface area contributed by atoms with Gasteiger partial charge in [0.1, 0.15) is 30.0 Å². The van der Waals surface area contributed by atoms with Gasteiger partial charge in [0, 0.05) is 30.7 Å². The number of aliphatic hydroxyl groups excluding tert-OH is 3. The van der Waals surface area contributed by atoms with Crippen molar-refractivity contribution in [3.05, 3.63) is 119 Å². The third-order valence-corrected chi connectivity index (χ3v) is 13.2. The van der Waals surface area contributed by atoms with E-state index >= 15 is 0 Å². The smallest absolute Gasteiger partial charge is 0.338 e. The monoisotopic (exact) mass is 811 g/mol. The minimum Gasteiger partial charge on any atom is -0.456 e. The molecule has 11 atom stereocenters. The summed E-state index contributed by atoms with van der Waals surface area (Å²) in [5.74, 6) is -5.89. The van der Waals surface area contributed by atoms with Gasteiger partial charge in [-0.1, -0.05) is 80.6 Å². The van der Waals surface area contributed by atoms with Gasteiger partial charge >= 0.3 is 17.9 Å². The number of hydrogen-bond donors (Lipinski definition) is 5. The SMILES string of the molecule is CC(=O)O[C@@]12CO[C@@H]1C[C@H](O)[C@@]1(C)C(=O)[C@H](O)C3=C(C)[C@@H](OC(=O)[C@H](O)C(NC(=O)c4ccccc4)c4ccccc4)C[C@@](O)([C@@H](OC(=O)c4ccccc4)C12)C3(C)C. The number of ether oxygens (including phenoxy) is 4. The number of benzene rings is 3. The molecule has 4 aliphatic rings. The van der Waals surface area contributed by atoms with Crippen LogP contribution in [-0.2, 0) is 33.3 Å². The number of hydrogen-bond acceptors (Lipinski definition) is 13. The third kappa shape index (κ3) is 6.76. The molecule has 14 nitrogen and oxygen atoms in total. The van der Waals surface area contributed by atoms with Crippen LogP contribution in [0, 0.1) is 16.7 Å². The molecule has 0 radical (unpaired) electrons. The van der Waals surface area contributed by atoms with Crippen molar-refractivity contribution in [2.24, 2.45) is 16.7 Å². The number of carbonyl (C=O) groups is 5. The normalized spacial score (nSPS) is 33.0. The number of ketones is 1. The Labute approximate surface area is 341 Å². The number of aliphatic hydroxyl groups is 4. The maximum atomic E-state index is 15.0. The van der Waals surface area contributed by atoms with E-state index < -0.39 is 107 Å². The van der Waals surface area contributed by atoms with Crippen LogP contribution in [0.25, 0.3) is 0 Å². The van der Waals surface area contributed by atoms with Crippen LogP contribution < -0.4 is 5.32 Å². The first-order chi connectivity index (χ1) is 27.9. The van der Waals surface area contributed by atoms with Crippen molar-refractivity contribution in [1.82, 2.24) is 5.32 Å². The molecule has 1 heterocycles. The van der Waals surface area contributed by atoms with E-state index in [0.29, 0.717) is 5.56 Å². The summed E-state index contributed by atoms with van der Waals surface area (Å²) < 4.78 is 24.2. The zero-order valence-corrected chi connectivity index (χ0v) is 33.4. The number of amides is 1. The highest BCUT2D eigenvalue weighted by Crippen LogP contribution is 2.64. The van der Waals surface area contributed by atoms with E-state index in [4.69, 9.17) is 18.9 Å². The van der Waals surface area contributed by atoms with Crippen molar-refractivity contribution in [2.45, 2.75) is 101 Å². The molecule has 1 amide bonds. The molecule has 3 aromatic rings. The van der Waals surface area contributed by atoms with Gasteiger partial charge in [-0.25, -0.2) is 9.59 Å². The molecule has 3 fully saturated rings. The summed E-state index contributed by atoms with van der Waals surface area (Å²) in [6.07, 6.45) is -10.5. The molecule has 2 bridgehead atoms. The molecule has 59 heavy (non-hydrogen) atoms. The lowest BCUT2D eigenvalue weighted by atomic mass is 9.44. The molecule has 1 aliphatic heterocycles. The van der Waals surface area contributed by atoms with Gasteiger partial charge in [-0.05, 0) is 54.8 Å². The molecule has 0 spiro atoms. The molecule has 7 rings (SSSR count). The molecule has 1 saturated heterocycles. The Kier molecular flexibility index (Phi) is 10.9. The first-order valence-electron chi connectivity index (χ1n) is 19.6. The first-order valence-corrected chi connectivity index (χ1v) is 19.6. The van der Waals surface area contributed by atoms with Crippen LogP contribution in [0.5, 0.6) is 0 Å². The number of fused-ring (bicyclic) bond motifs is 5. The zero-order valence-electron chi connectivity index (χ0n) is 33.4. The van der Waals surface area contributed by atoms with Gasteiger partial charge in [-0.15, -0.1) is 0 Å². The van der Waals surface area contributed by atoms with E-state index in [2.05, 4.69) is 5.32 Å². The molecule has 2 saturated carbocycles. The second-order valence-electron chi connectivity index (χ2n) is 16.8. The van der Waals surface area contributed by atoms with E-state index in [-0.39, 0.29) is 35.3 Å². The number of rotatable bonds is 9. The van der Waals surface area contributed by atoms with Crippen LogP contribution in [0.1, 0.15) is 79.8 Å². The Morgan fingerprint density at radius 1 is 0.864 bits per heavy atom. The summed E-state index contributed by atoms with van der Waals surface area (Å²) in [4.78, 5) is 69.5. The molecule has 14 heteroatoms. The van der Waals surface area contributed by atoms with E-state index in [1.165, 1.54) is 26.0 Å². The predicted octanol–water partition coefficient (Wildman–Crippen LogP) is 3.16. The fraction of sp³-hybridized carbons (Fsp3) is 0.444. The Bertz CT molecular complexity index is 2160. The van der Waals surface area contributed by atoms with Crippen molar-refractivity contribution in [3.8, 4) is 0 Å². The van der Waals surface area contributed by atoms with E-state index in [0.717, 1.165) is 6.92 Å². The van der Waals surface area contributed by atoms with Crippen molar-refractivity contribution >= 4 is 29.6 Å². The summed E-state index contributed by atoms with van der Waals surface area (Å²) in [5.41, 5.74) is -6.86. The van der Waals surface area contributed by atoms with E-state index in [1.54, 1.807) is 92.7 Å². The Morgan fingerprint density at radius 2 is 1.44 bits per heavy atom. The summed E-state index contributed by atoms with van der Waals surface area (Å²) >= 11 is 0. The lowest BCUT2D eigenvalue weighted by Gasteiger charge is -2.67. The average molecular weight is 812 g/mol. The second-order valence-corrected chi connectivity index (χ2v) is 16.8. The lowest BCUT2D eigenvalue weighted by molar-refractivity contribution is -0.346. The van der Waals surface area contributed by atoms with Crippen LogP contribution in [0.4, 0.5) is 0 Å². The average Bonchev–Trinajstić information content (AvgIpc) is 3.21. The highest BCUT2D eigenvalue weighted by molar-refractivity contribution is 5.95. The number of nitrogens with one attached hydrogen (secondary N) is 1. The topological polar surface area (TPSA) is 215 Å². The van der Waals surface area contributed by atoms with Crippen molar-refractivity contribution < 1.29 is 63.3 Å². The number of carbonyl (C=O) groups excluding carboxylic acids is 5. The van der Waals surface area contributed by atoms with Crippen LogP contribution in [0.2, 0.25) is 0 Å². The lowest BCUT2D eigenvalue weighted by Crippen LogP contribution is -2.81. The third-order valence-electron chi connectivity index (χ3n) is 13.2. The Morgan fingerprint density at radius 3 is 2.00 bits per heavy atom. The Balaban J connectivity index is 1.34. The summed E-state index contributed by atoms with van der Waals surface area (Å²) in [7, 11) is 0. The fourth-order valence-electron chi connectivity index (χ4n) is 9.94. The maximum absolute atomic E-state index is 15.0. The molecule has 3 aromatic carbocycles. The summed E-state index contributed by atoms with van der Waals surface area (Å²) in [6.45, 7) is 6.89. The van der Waals surface area contributed by atoms with Crippen molar-refractivity contribution in [3.63, 3.8) is 0 Å².